The van der Waals surface area contributed by atoms with Crippen molar-refractivity contribution in [3.05, 3.63) is 17.0 Å². The van der Waals surface area contributed by atoms with E-state index in [1.807, 2.05) is 11.8 Å². The van der Waals surface area contributed by atoms with Crippen molar-refractivity contribution >= 4 is 17.4 Å². The van der Waals surface area contributed by atoms with Crippen LogP contribution < -0.4 is 4.90 Å². The molecule has 0 bridgehead atoms. The quantitative estimate of drug-likeness (QED) is 0.738. The van der Waals surface area contributed by atoms with Crippen LogP contribution in [0.15, 0.2) is 6.07 Å². The van der Waals surface area contributed by atoms with E-state index in [9.17, 15) is 13.2 Å². The van der Waals surface area contributed by atoms with Crippen LogP contribution in [0.25, 0.3) is 0 Å². The van der Waals surface area contributed by atoms with Gasteiger partial charge in [0.15, 0.2) is 0 Å². The van der Waals surface area contributed by atoms with E-state index in [1.54, 1.807) is 0 Å². The van der Waals surface area contributed by atoms with Crippen LogP contribution in [-0.2, 0) is 6.18 Å². The molecule has 1 aliphatic rings. The van der Waals surface area contributed by atoms with E-state index in [1.165, 1.54) is 6.07 Å². The number of alkyl halides is 3. The lowest BCUT2D eigenvalue weighted by atomic mass is 9.93. The van der Waals surface area contributed by atoms with Gasteiger partial charge >= 0.3 is 6.18 Å². The topological polar surface area (TPSA) is 29.0 Å². The van der Waals surface area contributed by atoms with Crippen molar-refractivity contribution in [2.75, 3.05) is 11.4 Å². The molecule has 1 saturated heterocycles. The summed E-state index contributed by atoms with van der Waals surface area (Å²) < 4.78 is 38.0. The maximum absolute atomic E-state index is 12.7. The van der Waals surface area contributed by atoms with Gasteiger partial charge in [-0.05, 0) is 25.7 Å². The number of aromatic nitrogens is 2. The van der Waals surface area contributed by atoms with Crippen LogP contribution in [0.2, 0.25) is 5.15 Å². The number of hydrogen-bond donors (Lipinski definition) is 0. The molecular formula is C12H15ClF3N3. The van der Waals surface area contributed by atoms with Crippen molar-refractivity contribution in [1.29, 1.82) is 0 Å². The van der Waals surface area contributed by atoms with Gasteiger partial charge in [0.25, 0.3) is 0 Å². The Balaban J connectivity index is 2.32. The first-order valence-corrected chi connectivity index (χ1v) is 6.53. The highest BCUT2D eigenvalue weighted by atomic mass is 35.5. The van der Waals surface area contributed by atoms with Crippen molar-refractivity contribution < 1.29 is 13.2 Å². The van der Waals surface area contributed by atoms with E-state index in [0.717, 1.165) is 12.8 Å². The highest BCUT2D eigenvalue weighted by Gasteiger charge is 2.36. The molecule has 1 aromatic rings. The van der Waals surface area contributed by atoms with Crippen molar-refractivity contribution in [3.63, 3.8) is 0 Å². The van der Waals surface area contributed by atoms with E-state index >= 15 is 0 Å². The zero-order valence-corrected chi connectivity index (χ0v) is 11.5. The summed E-state index contributed by atoms with van der Waals surface area (Å²) in [4.78, 5) is 8.72. The molecule has 1 aliphatic heterocycles. The number of hydrogen-bond acceptors (Lipinski definition) is 3. The Labute approximate surface area is 114 Å². The van der Waals surface area contributed by atoms with E-state index in [-0.39, 0.29) is 17.0 Å². The molecule has 1 fully saturated rings. The second-order valence-corrected chi connectivity index (χ2v) is 5.43. The number of anilines is 1. The van der Waals surface area contributed by atoms with Crippen LogP contribution in [0.4, 0.5) is 19.0 Å². The first-order valence-electron chi connectivity index (χ1n) is 6.16. The zero-order chi connectivity index (χ0) is 14.2. The average molecular weight is 294 g/mol. The van der Waals surface area contributed by atoms with Gasteiger partial charge < -0.3 is 4.90 Å². The third-order valence-electron chi connectivity index (χ3n) is 3.37. The molecule has 7 heteroatoms. The molecule has 2 heterocycles. The molecule has 19 heavy (non-hydrogen) atoms. The fourth-order valence-corrected chi connectivity index (χ4v) is 2.60. The SMILES string of the molecule is CC1CCN(c2cc(Cl)nc(C(F)(F)F)n2)C(C)C1. The van der Waals surface area contributed by atoms with E-state index < -0.39 is 12.0 Å². The minimum Gasteiger partial charge on any atom is -0.354 e. The van der Waals surface area contributed by atoms with Gasteiger partial charge in [-0.1, -0.05) is 18.5 Å². The Kier molecular flexibility index (Phi) is 3.90. The zero-order valence-electron chi connectivity index (χ0n) is 10.7. The van der Waals surface area contributed by atoms with Gasteiger partial charge in [0.05, 0.1) is 0 Å². The summed E-state index contributed by atoms with van der Waals surface area (Å²) in [6, 6.07) is 1.54. The van der Waals surface area contributed by atoms with Gasteiger partial charge in [-0.2, -0.15) is 13.2 Å². The lowest BCUT2D eigenvalue weighted by Gasteiger charge is -2.37. The Morgan fingerprint density at radius 2 is 2.00 bits per heavy atom. The largest absolute Gasteiger partial charge is 0.451 e. The number of piperidine rings is 1. The van der Waals surface area contributed by atoms with Crippen molar-refractivity contribution in [2.45, 2.75) is 38.9 Å². The molecule has 0 N–H and O–H groups in total. The van der Waals surface area contributed by atoms with Crippen LogP contribution >= 0.6 is 11.6 Å². The molecule has 0 amide bonds. The predicted molar refractivity (Wildman–Crippen MR) is 67.3 cm³/mol. The molecule has 1 aromatic heterocycles. The molecule has 0 saturated carbocycles. The second kappa shape index (κ2) is 5.15. The summed E-state index contributed by atoms with van der Waals surface area (Å²) in [6.07, 6.45) is -2.71. The standard InChI is InChI=1S/C12H15ClF3N3/c1-7-3-4-19(8(2)5-7)10-6-9(13)17-11(18-10)12(14,15)16/h6-8H,3-5H2,1-2H3. The molecule has 2 rings (SSSR count). The normalized spacial score (nSPS) is 24.6. The van der Waals surface area contributed by atoms with Crippen LogP contribution in [0, 0.1) is 5.92 Å². The summed E-state index contributed by atoms with van der Waals surface area (Å²) >= 11 is 5.67. The third kappa shape index (κ3) is 3.29. The van der Waals surface area contributed by atoms with E-state index in [4.69, 9.17) is 11.6 Å². The van der Waals surface area contributed by atoms with Crippen molar-refractivity contribution in [3.8, 4) is 0 Å². The smallest absolute Gasteiger partial charge is 0.354 e. The maximum atomic E-state index is 12.7. The molecule has 106 valence electrons. The fraction of sp³-hybridized carbons (Fsp3) is 0.667. The third-order valence-corrected chi connectivity index (χ3v) is 3.56. The Bertz CT molecular complexity index is 464. The summed E-state index contributed by atoms with van der Waals surface area (Å²) in [7, 11) is 0. The number of rotatable bonds is 1. The van der Waals surface area contributed by atoms with Crippen LogP contribution in [0.1, 0.15) is 32.5 Å². The maximum Gasteiger partial charge on any atom is 0.451 e. The summed E-state index contributed by atoms with van der Waals surface area (Å²) in [5, 5.41) is -0.178. The minimum absolute atomic E-state index is 0.149. The fourth-order valence-electron chi connectivity index (χ4n) is 2.43. The van der Waals surface area contributed by atoms with Gasteiger partial charge in [0, 0.05) is 18.7 Å². The summed E-state index contributed by atoms with van der Waals surface area (Å²) in [6.45, 7) is 4.81. The molecule has 0 radical (unpaired) electrons. The lowest BCUT2D eigenvalue weighted by molar-refractivity contribution is -0.144. The molecule has 2 atom stereocenters. The van der Waals surface area contributed by atoms with Gasteiger partial charge in [-0.3, -0.25) is 0 Å². The molecule has 0 spiro atoms. The second-order valence-electron chi connectivity index (χ2n) is 5.04. The van der Waals surface area contributed by atoms with Gasteiger partial charge in [0.2, 0.25) is 5.82 Å². The molecular weight excluding hydrogens is 279 g/mol. The van der Waals surface area contributed by atoms with E-state index in [2.05, 4.69) is 16.9 Å². The monoisotopic (exact) mass is 293 g/mol. The van der Waals surface area contributed by atoms with E-state index in [0.29, 0.717) is 12.5 Å². The molecule has 3 nitrogen and oxygen atoms in total. The summed E-state index contributed by atoms with van der Waals surface area (Å²) in [5.41, 5.74) is 0. The molecule has 0 aromatic carbocycles. The molecule has 0 aliphatic carbocycles. The van der Waals surface area contributed by atoms with Crippen LogP contribution in [-0.4, -0.2) is 22.6 Å². The summed E-state index contributed by atoms with van der Waals surface area (Å²) in [5.74, 6) is -0.349. The van der Waals surface area contributed by atoms with Gasteiger partial charge in [-0.25, -0.2) is 9.97 Å². The predicted octanol–water partition coefficient (Wildman–Crippen LogP) is 3.77. The Morgan fingerprint density at radius 3 is 2.58 bits per heavy atom. The number of halogens is 4. The first kappa shape index (κ1) is 14.4. The van der Waals surface area contributed by atoms with Gasteiger partial charge in [0.1, 0.15) is 11.0 Å². The molecule has 2 unspecified atom stereocenters. The first-order chi connectivity index (χ1) is 8.77. The Hall–Kier alpha value is -1.04. The highest BCUT2D eigenvalue weighted by molar-refractivity contribution is 6.29. The van der Waals surface area contributed by atoms with Gasteiger partial charge in [-0.15, -0.1) is 0 Å². The number of nitrogens with zero attached hydrogens (tertiary/aromatic N) is 3. The van der Waals surface area contributed by atoms with Crippen molar-refractivity contribution in [1.82, 2.24) is 9.97 Å². The lowest BCUT2D eigenvalue weighted by Crippen LogP contribution is -2.41. The minimum atomic E-state index is -4.58. The van der Waals surface area contributed by atoms with Crippen LogP contribution in [0.3, 0.4) is 0 Å². The van der Waals surface area contributed by atoms with Crippen LogP contribution in [0.5, 0.6) is 0 Å². The average Bonchev–Trinajstić information content (AvgIpc) is 2.26. The highest BCUT2D eigenvalue weighted by Crippen LogP contribution is 2.32. The Morgan fingerprint density at radius 1 is 1.32 bits per heavy atom. The van der Waals surface area contributed by atoms with Crippen molar-refractivity contribution in [2.24, 2.45) is 5.92 Å².